The molecule has 0 saturated carbocycles. The SMILES string of the molecule is O=C1NCCNC1c1ccc(Br)cc1O. The summed E-state index contributed by atoms with van der Waals surface area (Å²) in [7, 11) is 0. The van der Waals surface area contributed by atoms with Crippen LogP contribution in [0.1, 0.15) is 11.6 Å². The molecule has 3 N–H and O–H groups in total. The fraction of sp³-hybridized carbons (Fsp3) is 0.300. The topological polar surface area (TPSA) is 61.4 Å². The van der Waals surface area contributed by atoms with Gasteiger partial charge < -0.3 is 15.7 Å². The molecule has 1 heterocycles. The summed E-state index contributed by atoms with van der Waals surface area (Å²) in [4.78, 5) is 11.5. The van der Waals surface area contributed by atoms with Crippen LogP contribution in [-0.4, -0.2) is 24.1 Å². The smallest absolute Gasteiger partial charge is 0.241 e. The molecule has 1 aliphatic rings. The Morgan fingerprint density at radius 2 is 2.20 bits per heavy atom. The quantitative estimate of drug-likeness (QED) is 0.711. The number of nitrogens with one attached hydrogen (secondary N) is 2. The molecular weight excluding hydrogens is 260 g/mol. The van der Waals surface area contributed by atoms with Crippen LogP contribution in [0.2, 0.25) is 0 Å². The van der Waals surface area contributed by atoms with E-state index in [1.807, 2.05) is 0 Å². The molecule has 1 atom stereocenters. The van der Waals surface area contributed by atoms with Crippen LogP contribution < -0.4 is 10.6 Å². The molecule has 1 aromatic rings. The minimum absolute atomic E-state index is 0.0983. The van der Waals surface area contributed by atoms with E-state index in [1.165, 1.54) is 0 Å². The van der Waals surface area contributed by atoms with Crippen LogP contribution in [-0.2, 0) is 4.79 Å². The molecule has 0 bridgehead atoms. The number of phenols is 1. The highest BCUT2D eigenvalue weighted by atomic mass is 79.9. The lowest BCUT2D eigenvalue weighted by atomic mass is 10.0. The fourth-order valence-electron chi connectivity index (χ4n) is 1.61. The highest BCUT2D eigenvalue weighted by Crippen LogP contribution is 2.28. The van der Waals surface area contributed by atoms with Gasteiger partial charge in [-0.1, -0.05) is 22.0 Å². The van der Waals surface area contributed by atoms with Gasteiger partial charge in [0, 0.05) is 23.1 Å². The number of benzene rings is 1. The van der Waals surface area contributed by atoms with E-state index >= 15 is 0 Å². The van der Waals surface area contributed by atoms with Crippen LogP contribution in [0.25, 0.3) is 0 Å². The number of hydrogen-bond donors (Lipinski definition) is 3. The molecule has 0 spiro atoms. The molecule has 1 saturated heterocycles. The van der Waals surface area contributed by atoms with Gasteiger partial charge in [-0.25, -0.2) is 0 Å². The predicted octanol–water partition coefficient (Wildman–Crippen LogP) is 0.915. The molecular formula is C10H11BrN2O2. The number of phenolic OH excluding ortho intramolecular Hbond substituents is 1. The van der Waals surface area contributed by atoms with E-state index in [-0.39, 0.29) is 11.7 Å². The van der Waals surface area contributed by atoms with E-state index in [9.17, 15) is 9.90 Å². The van der Waals surface area contributed by atoms with E-state index in [0.717, 1.165) is 4.47 Å². The van der Waals surface area contributed by atoms with E-state index in [2.05, 4.69) is 26.6 Å². The van der Waals surface area contributed by atoms with Crippen molar-refractivity contribution >= 4 is 21.8 Å². The van der Waals surface area contributed by atoms with Crippen molar-refractivity contribution in [2.75, 3.05) is 13.1 Å². The molecule has 0 radical (unpaired) electrons. The second-order valence-corrected chi connectivity index (χ2v) is 4.30. The van der Waals surface area contributed by atoms with Crippen molar-refractivity contribution in [3.63, 3.8) is 0 Å². The van der Waals surface area contributed by atoms with Gasteiger partial charge in [0.05, 0.1) is 0 Å². The van der Waals surface area contributed by atoms with Crippen LogP contribution in [0, 0.1) is 0 Å². The number of amides is 1. The Labute approximate surface area is 95.8 Å². The van der Waals surface area contributed by atoms with Gasteiger partial charge in [-0.15, -0.1) is 0 Å². The van der Waals surface area contributed by atoms with Crippen molar-refractivity contribution in [3.8, 4) is 5.75 Å². The third-order valence-corrected chi connectivity index (χ3v) is 2.83. The average molecular weight is 271 g/mol. The van der Waals surface area contributed by atoms with Gasteiger partial charge in [0.1, 0.15) is 11.8 Å². The molecule has 0 aliphatic carbocycles. The first-order valence-corrected chi connectivity index (χ1v) is 5.47. The maximum atomic E-state index is 11.5. The first-order chi connectivity index (χ1) is 7.18. The van der Waals surface area contributed by atoms with Crippen molar-refractivity contribution in [1.82, 2.24) is 10.6 Å². The zero-order valence-electron chi connectivity index (χ0n) is 7.96. The summed E-state index contributed by atoms with van der Waals surface area (Å²) in [5.74, 6) is 0.0257. The number of piperazine rings is 1. The first kappa shape index (κ1) is 10.4. The maximum Gasteiger partial charge on any atom is 0.241 e. The van der Waals surface area contributed by atoms with Gasteiger partial charge in [0.2, 0.25) is 5.91 Å². The second kappa shape index (κ2) is 4.20. The largest absolute Gasteiger partial charge is 0.508 e. The van der Waals surface area contributed by atoms with E-state index in [0.29, 0.717) is 18.7 Å². The van der Waals surface area contributed by atoms with E-state index in [4.69, 9.17) is 0 Å². The van der Waals surface area contributed by atoms with Crippen molar-refractivity contribution in [2.24, 2.45) is 0 Å². The Morgan fingerprint density at radius 3 is 2.87 bits per heavy atom. The average Bonchev–Trinajstić information content (AvgIpc) is 2.20. The molecule has 2 rings (SSSR count). The summed E-state index contributed by atoms with van der Waals surface area (Å²) in [6.45, 7) is 1.35. The Morgan fingerprint density at radius 1 is 1.40 bits per heavy atom. The molecule has 5 heteroatoms. The molecule has 4 nitrogen and oxygen atoms in total. The molecule has 1 fully saturated rings. The van der Waals surface area contributed by atoms with Crippen molar-refractivity contribution < 1.29 is 9.90 Å². The fourth-order valence-corrected chi connectivity index (χ4v) is 1.96. The van der Waals surface area contributed by atoms with Gasteiger partial charge in [0.15, 0.2) is 0 Å². The molecule has 1 unspecified atom stereocenters. The van der Waals surface area contributed by atoms with Gasteiger partial charge >= 0.3 is 0 Å². The summed E-state index contributed by atoms with van der Waals surface area (Å²) in [5.41, 5.74) is 0.607. The van der Waals surface area contributed by atoms with Crippen LogP contribution in [0.15, 0.2) is 22.7 Å². The Kier molecular flexibility index (Phi) is 2.93. The van der Waals surface area contributed by atoms with Gasteiger partial charge in [-0.3, -0.25) is 4.79 Å². The van der Waals surface area contributed by atoms with Crippen molar-refractivity contribution in [1.29, 1.82) is 0 Å². The summed E-state index contributed by atoms with van der Waals surface area (Å²) in [6, 6.07) is 4.67. The Hall–Kier alpha value is -1.07. The van der Waals surface area contributed by atoms with Gasteiger partial charge in [-0.05, 0) is 12.1 Å². The Bertz CT molecular complexity index is 395. The van der Waals surface area contributed by atoms with Crippen molar-refractivity contribution in [2.45, 2.75) is 6.04 Å². The number of halogens is 1. The monoisotopic (exact) mass is 270 g/mol. The second-order valence-electron chi connectivity index (χ2n) is 3.38. The molecule has 1 aliphatic heterocycles. The zero-order chi connectivity index (χ0) is 10.8. The van der Waals surface area contributed by atoms with E-state index in [1.54, 1.807) is 18.2 Å². The molecule has 15 heavy (non-hydrogen) atoms. The summed E-state index contributed by atoms with van der Waals surface area (Å²) in [6.07, 6.45) is 0. The number of carbonyl (C=O) groups is 1. The molecule has 1 aromatic carbocycles. The van der Waals surface area contributed by atoms with Gasteiger partial charge in [0.25, 0.3) is 0 Å². The highest BCUT2D eigenvalue weighted by molar-refractivity contribution is 9.10. The third kappa shape index (κ3) is 2.13. The van der Waals surface area contributed by atoms with Crippen LogP contribution in [0.3, 0.4) is 0 Å². The normalized spacial score (nSPS) is 21.1. The van der Waals surface area contributed by atoms with Crippen LogP contribution >= 0.6 is 15.9 Å². The molecule has 1 amide bonds. The molecule has 0 aromatic heterocycles. The summed E-state index contributed by atoms with van der Waals surface area (Å²) in [5, 5.41) is 15.5. The minimum Gasteiger partial charge on any atom is -0.508 e. The number of aromatic hydroxyl groups is 1. The third-order valence-electron chi connectivity index (χ3n) is 2.34. The first-order valence-electron chi connectivity index (χ1n) is 4.68. The number of rotatable bonds is 1. The van der Waals surface area contributed by atoms with Crippen LogP contribution in [0.4, 0.5) is 0 Å². The number of carbonyl (C=O) groups excluding carboxylic acids is 1. The molecule has 80 valence electrons. The lowest BCUT2D eigenvalue weighted by molar-refractivity contribution is -0.124. The lowest BCUT2D eigenvalue weighted by Gasteiger charge is -2.24. The highest BCUT2D eigenvalue weighted by Gasteiger charge is 2.25. The van der Waals surface area contributed by atoms with Gasteiger partial charge in [-0.2, -0.15) is 0 Å². The Balaban J connectivity index is 2.31. The summed E-state index contributed by atoms with van der Waals surface area (Å²) < 4.78 is 0.792. The summed E-state index contributed by atoms with van der Waals surface area (Å²) >= 11 is 3.25. The maximum absolute atomic E-state index is 11.5. The van der Waals surface area contributed by atoms with E-state index < -0.39 is 6.04 Å². The standard InChI is InChI=1S/C10H11BrN2O2/c11-6-1-2-7(8(14)5-6)9-10(15)13-4-3-12-9/h1-2,5,9,12,14H,3-4H2,(H,13,15). The zero-order valence-corrected chi connectivity index (χ0v) is 9.54. The number of hydrogen-bond acceptors (Lipinski definition) is 3. The minimum atomic E-state index is -0.452. The predicted molar refractivity (Wildman–Crippen MR) is 59.6 cm³/mol. The van der Waals surface area contributed by atoms with Crippen molar-refractivity contribution in [3.05, 3.63) is 28.2 Å². The van der Waals surface area contributed by atoms with Crippen LogP contribution in [0.5, 0.6) is 5.75 Å². The lowest BCUT2D eigenvalue weighted by Crippen LogP contribution is -2.47.